The highest BCUT2D eigenvalue weighted by atomic mass is 32.2. The monoisotopic (exact) mass is 1770 g/mol. The molecule has 1 aliphatic carbocycles. The average molecular weight is 1770 g/mol. The molecule has 2 fully saturated rings. The Balaban J connectivity index is 0.885. The number of aromatic amines is 1. The lowest BCUT2D eigenvalue weighted by Crippen LogP contribution is -2.60. The maximum atomic E-state index is 14.9. The summed E-state index contributed by atoms with van der Waals surface area (Å²) in [6, 6.07) is 3.70. The van der Waals surface area contributed by atoms with Crippen LogP contribution in [0.15, 0.2) is 54.7 Å². The Morgan fingerprint density at radius 2 is 1.10 bits per heavy atom. The number of fused-ring (bicyclic) bond motifs is 4. The summed E-state index contributed by atoms with van der Waals surface area (Å²) in [5.41, 5.74) is 43.6. The number of aromatic nitrogens is 1. The molecule has 27 N–H and O–H groups in total. The lowest BCUT2D eigenvalue weighted by Gasteiger charge is -2.38. The number of methoxy groups -OCH3 is 3. The molecule has 2 saturated heterocycles. The third-order valence-electron chi connectivity index (χ3n) is 21.6. The number of imide groups is 1. The zero-order chi connectivity index (χ0) is 90.1. The summed E-state index contributed by atoms with van der Waals surface area (Å²) in [4.78, 5) is 187. The van der Waals surface area contributed by atoms with Crippen molar-refractivity contribution in [2.24, 2.45) is 52.0 Å². The Bertz CT molecular complexity index is 4400. The van der Waals surface area contributed by atoms with E-state index in [4.69, 9.17) is 84.1 Å². The van der Waals surface area contributed by atoms with Crippen molar-refractivity contribution in [2.75, 3.05) is 98.3 Å². The Morgan fingerprint density at radius 3 is 1.63 bits per heavy atom. The van der Waals surface area contributed by atoms with Gasteiger partial charge in [0, 0.05) is 85.7 Å². The summed E-state index contributed by atoms with van der Waals surface area (Å²) in [7, 11) is 4.40. The van der Waals surface area contributed by atoms with Crippen LogP contribution in [0.2, 0.25) is 0 Å². The van der Waals surface area contributed by atoms with E-state index in [1.54, 1.807) is 42.8 Å². The number of thioether (sulfide) groups is 2. The van der Waals surface area contributed by atoms with E-state index in [1.807, 2.05) is 18.2 Å². The van der Waals surface area contributed by atoms with Gasteiger partial charge in [-0.05, 0) is 169 Å². The van der Waals surface area contributed by atoms with Crippen LogP contribution in [-0.4, -0.2) is 251 Å². The standard InChI is InChI=1S/C81H119N21O20S2/c1-116-60-34-43(35-61(117-2)69(60)118-3)66-46-36-58-59(121-42-120-58)37-47(46)68(48-40-119-79(115)67(48)66)122-65(105)23-31-102-64(104)38-62(78(102)114)124-41-49(85)71(107)91-30-22-63(103)95-52(20-13-28-92-80(87)88)72(108)98-55(21-14-29-93-81(89)90)74(110)100-56(24-32-123-4)76(112)97-54(19-9-12-27-84)75(111)101-57(33-44-39-94-50-16-6-5-15-45(44)50)77(113)99-53(18-8-11-26-83)73(109)96-51(70(86)106)17-7-10-25-82/h5-6,15-16,34-37,39,48-49,51-57,62,66-68,94H,7-14,17-33,38,40-42,82-85H2,1-4H3,(H2,86,106)(H,91,107)(H,95,103)(H,96,109)(H,97,112)(H,98,108)(H,99,113)(H,100,110)(H,101,111)(H4,87,88,92)(H4,89,90,93)/t48-,49-,51+,52+,53+,54+,55+,56+,57+,62?,66+,67-,68-/m0/s1. The van der Waals surface area contributed by atoms with Gasteiger partial charge >= 0.3 is 11.9 Å². The topological polar surface area (TPSA) is 656 Å². The number of nitrogens with one attached hydrogen (secondary N) is 13. The van der Waals surface area contributed by atoms with Gasteiger partial charge in [0.25, 0.3) is 0 Å². The normalized spacial score (nSPS) is 18.0. The fraction of sp³-hybridized carbons (Fsp3) is 0.568. The number of nitrogens with zero attached hydrogens (tertiary/aromatic N) is 1. The highest BCUT2D eigenvalue weighted by Gasteiger charge is 2.55. The minimum Gasteiger partial charge on any atom is -0.493 e. The molecule has 124 heavy (non-hydrogen) atoms. The van der Waals surface area contributed by atoms with Crippen LogP contribution in [0.1, 0.15) is 143 Å². The van der Waals surface area contributed by atoms with Crippen molar-refractivity contribution < 1.29 is 95.5 Å². The van der Waals surface area contributed by atoms with Crippen molar-refractivity contribution in [3.8, 4) is 28.7 Å². The number of para-hydroxylation sites is 1. The Labute approximate surface area is 726 Å². The smallest absolute Gasteiger partial charge is 0.310 e. The fourth-order valence-electron chi connectivity index (χ4n) is 15.1. The fourth-order valence-corrected chi connectivity index (χ4v) is 16.7. The maximum absolute atomic E-state index is 14.9. The molecule has 43 heteroatoms. The number of hydrogen-bond donors (Lipinski definition) is 20. The first-order chi connectivity index (χ1) is 59.6. The number of amides is 11. The second-order valence-electron chi connectivity index (χ2n) is 30.4. The number of rotatable bonds is 54. The van der Waals surface area contributed by atoms with Crippen LogP contribution in [0.4, 0.5) is 0 Å². The number of guanidine groups is 2. The maximum Gasteiger partial charge on any atom is 0.310 e. The number of unbranched alkanes of at least 4 members (excludes halogenated alkanes) is 3. The number of cyclic esters (lactones) is 1. The number of likely N-dealkylation sites (tertiary alicyclic amines) is 1. The first-order valence-electron chi connectivity index (χ1n) is 41.4. The van der Waals surface area contributed by atoms with E-state index in [2.05, 4.69) is 58.2 Å². The van der Waals surface area contributed by atoms with Gasteiger partial charge in [-0.1, -0.05) is 18.2 Å². The summed E-state index contributed by atoms with van der Waals surface area (Å²) < 4.78 is 40.2. The van der Waals surface area contributed by atoms with Gasteiger partial charge in [0.1, 0.15) is 48.4 Å². The molecule has 0 spiro atoms. The molecule has 3 aromatic carbocycles. The van der Waals surface area contributed by atoms with Gasteiger partial charge in [-0.3, -0.25) is 78.0 Å². The Kier molecular flexibility index (Phi) is 38.9. The zero-order valence-electron chi connectivity index (χ0n) is 70.2. The van der Waals surface area contributed by atoms with Crippen molar-refractivity contribution in [1.82, 2.24) is 63.1 Å². The van der Waals surface area contributed by atoms with Crippen molar-refractivity contribution >= 4 is 123 Å². The van der Waals surface area contributed by atoms with Gasteiger partial charge in [-0.15, -0.1) is 11.8 Å². The van der Waals surface area contributed by atoms with E-state index in [1.165, 1.54) is 33.1 Å². The third kappa shape index (κ3) is 27.8. The minimum atomic E-state index is -1.43. The third-order valence-corrected chi connectivity index (χ3v) is 23.6. The van der Waals surface area contributed by atoms with Crippen molar-refractivity contribution in [3.63, 3.8) is 0 Å². The van der Waals surface area contributed by atoms with Gasteiger partial charge in [-0.25, -0.2) is 0 Å². The number of carbonyl (C=O) groups is 13. The molecule has 1 unspecified atom stereocenters. The number of nitrogens with two attached hydrogens (primary N) is 7. The summed E-state index contributed by atoms with van der Waals surface area (Å²) in [5, 5.41) is 42.2. The van der Waals surface area contributed by atoms with E-state index in [0.29, 0.717) is 102 Å². The molecule has 41 nitrogen and oxygen atoms in total. The first kappa shape index (κ1) is 98.0. The Morgan fingerprint density at radius 1 is 0.589 bits per heavy atom. The highest BCUT2D eigenvalue weighted by molar-refractivity contribution is 8.00. The van der Waals surface area contributed by atoms with E-state index >= 15 is 0 Å². The molecular formula is C81H119N21O20S2. The number of benzene rings is 3. The summed E-state index contributed by atoms with van der Waals surface area (Å²) in [5.74, 6) is -10.7. The molecule has 4 aliphatic rings. The SMILES string of the molecule is COc1cc([C@@H]2c3cc4c(cc3[C@H](OC(=O)CCN3C(=O)CC(SC[C@H](N)C(=O)NCCC(=O)N[C@H](CCCNC(=N)N)C(=O)N[C@H](CCCNC(=N)N)C(=O)N[C@H](CCSC)C(=O)N[C@H](CCCCN)C(=O)N[C@H](Cc5c[nH]c6ccccc56)C(=O)N[C@H](CCCCN)C(=O)N[C@H](CCCCN)C(N)=O)C3=O)[C@H]3COC(=O)[C@H]23)OCO4)cc(OC)c1OC. The number of H-pyrrole nitrogens is 1. The molecule has 4 heterocycles. The number of ether oxygens (including phenoxy) is 7. The minimum absolute atomic E-state index is 0.00209. The number of esters is 2. The van der Waals surface area contributed by atoms with Crippen molar-refractivity contribution in [2.45, 2.75) is 181 Å². The van der Waals surface area contributed by atoms with E-state index in [0.717, 1.165) is 27.6 Å². The first-order valence-corrected chi connectivity index (χ1v) is 43.8. The van der Waals surface area contributed by atoms with Crippen LogP contribution in [0, 0.1) is 22.7 Å². The van der Waals surface area contributed by atoms with Crippen LogP contribution in [0.5, 0.6) is 28.7 Å². The number of hydrogen-bond acceptors (Lipinski definition) is 28. The molecule has 8 rings (SSSR count). The lowest BCUT2D eigenvalue weighted by atomic mass is 9.66. The van der Waals surface area contributed by atoms with Gasteiger partial charge in [-0.2, -0.15) is 11.8 Å². The molecule has 1 aromatic heterocycles. The second kappa shape index (κ2) is 49.2. The molecule has 0 saturated carbocycles. The summed E-state index contributed by atoms with van der Waals surface area (Å²) in [6.07, 6.45) is 4.18. The molecule has 4 aromatic rings. The van der Waals surface area contributed by atoms with Crippen LogP contribution in [-0.2, 0) is 78.2 Å². The number of primary amides is 1. The van der Waals surface area contributed by atoms with Gasteiger partial charge < -0.3 is 131 Å². The van der Waals surface area contributed by atoms with Gasteiger partial charge in [0.2, 0.25) is 77.5 Å². The van der Waals surface area contributed by atoms with Gasteiger partial charge in [0.15, 0.2) is 34.9 Å². The van der Waals surface area contributed by atoms with E-state index in [-0.39, 0.29) is 135 Å². The van der Waals surface area contributed by atoms with E-state index in [9.17, 15) is 62.3 Å². The molecule has 0 radical (unpaired) electrons. The predicted molar refractivity (Wildman–Crippen MR) is 460 cm³/mol. The Hall–Kier alpha value is -11.4. The average Bonchev–Trinajstić information content (AvgIpc) is 1.46. The quantitative estimate of drug-likeness (QED) is 0.00771. The number of carbonyl (C=O) groups excluding carboxylic acids is 13. The van der Waals surface area contributed by atoms with Crippen LogP contribution in [0.25, 0.3) is 10.9 Å². The summed E-state index contributed by atoms with van der Waals surface area (Å²) in [6.45, 7) is 0.140. The van der Waals surface area contributed by atoms with Crippen LogP contribution < -0.4 is 117 Å². The summed E-state index contributed by atoms with van der Waals surface area (Å²) >= 11 is 2.29. The lowest BCUT2D eigenvalue weighted by molar-refractivity contribution is -0.155. The van der Waals surface area contributed by atoms with Crippen LogP contribution >= 0.6 is 23.5 Å². The molecule has 3 aliphatic heterocycles. The van der Waals surface area contributed by atoms with E-state index < -0.39 is 167 Å². The highest BCUT2D eigenvalue weighted by Crippen LogP contribution is 2.57. The molecule has 11 amide bonds. The largest absolute Gasteiger partial charge is 0.493 e. The van der Waals surface area contributed by atoms with Gasteiger partial charge in [0.05, 0.1) is 51.6 Å². The molecule has 13 atom stereocenters. The molecular weight excluding hydrogens is 1650 g/mol. The zero-order valence-corrected chi connectivity index (χ0v) is 71.8. The van der Waals surface area contributed by atoms with Crippen molar-refractivity contribution in [3.05, 3.63) is 77.0 Å². The second-order valence-corrected chi connectivity index (χ2v) is 32.6. The molecule has 680 valence electrons. The molecule has 0 bridgehead atoms. The van der Waals surface area contributed by atoms with Crippen LogP contribution in [0.3, 0.4) is 0 Å². The predicted octanol–water partition coefficient (Wildman–Crippen LogP) is -1.69. The van der Waals surface area contributed by atoms with Crippen molar-refractivity contribution in [1.29, 1.82) is 10.8 Å².